The lowest BCUT2D eigenvalue weighted by Gasteiger charge is -2.29. The van der Waals surface area contributed by atoms with Crippen molar-refractivity contribution in [2.24, 2.45) is 5.92 Å². The summed E-state index contributed by atoms with van der Waals surface area (Å²) in [7, 11) is 1.60. The van der Waals surface area contributed by atoms with Crippen LogP contribution < -0.4 is 14.8 Å². The minimum absolute atomic E-state index is 0.146. The highest BCUT2D eigenvalue weighted by atomic mass is 35.5. The lowest BCUT2D eigenvalue weighted by molar-refractivity contribution is -0.140. The molecule has 0 aliphatic heterocycles. The first-order valence-electron chi connectivity index (χ1n) is 11.0. The number of benzene rings is 2. The fourth-order valence-electron chi connectivity index (χ4n) is 3.12. The highest BCUT2D eigenvalue weighted by Gasteiger charge is 2.27. The number of nitrogens with one attached hydrogen (secondary N) is 1. The molecule has 0 spiro atoms. The van der Waals surface area contributed by atoms with Crippen LogP contribution in [-0.4, -0.2) is 43.0 Å². The monoisotopic (exact) mass is 494 g/mol. The van der Waals surface area contributed by atoms with Gasteiger partial charge in [-0.05, 0) is 55.7 Å². The molecule has 0 radical (unpaired) electrons. The third-order valence-corrected chi connectivity index (χ3v) is 5.81. The van der Waals surface area contributed by atoms with Crippen molar-refractivity contribution in [1.82, 2.24) is 10.2 Å². The van der Waals surface area contributed by atoms with Crippen molar-refractivity contribution in [3.05, 3.63) is 58.1 Å². The van der Waals surface area contributed by atoms with Crippen LogP contribution in [0.4, 0.5) is 0 Å². The van der Waals surface area contributed by atoms with E-state index in [2.05, 4.69) is 5.32 Å². The highest BCUT2D eigenvalue weighted by Crippen LogP contribution is 2.27. The zero-order chi connectivity index (χ0) is 24.4. The maximum absolute atomic E-state index is 13.1. The molecule has 0 unspecified atom stereocenters. The number of ether oxygens (including phenoxy) is 2. The SMILES string of the molecule is COc1ccc(OCCCC(=O)N(Cc2c(Cl)cccc2Cl)[C@@H](C)C(=O)NCC(C)C)cc1. The molecular formula is C25H32Cl2N2O4. The molecule has 180 valence electrons. The summed E-state index contributed by atoms with van der Waals surface area (Å²) in [4.78, 5) is 27.4. The zero-order valence-corrected chi connectivity index (χ0v) is 21.1. The van der Waals surface area contributed by atoms with Gasteiger partial charge in [-0.25, -0.2) is 0 Å². The largest absolute Gasteiger partial charge is 0.497 e. The van der Waals surface area contributed by atoms with Gasteiger partial charge in [0.25, 0.3) is 0 Å². The van der Waals surface area contributed by atoms with Crippen LogP contribution in [0.15, 0.2) is 42.5 Å². The van der Waals surface area contributed by atoms with Crippen LogP contribution in [0.2, 0.25) is 10.0 Å². The van der Waals surface area contributed by atoms with E-state index in [1.54, 1.807) is 32.2 Å². The molecule has 0 fully saturated rings. The van der Waals surface area contributed by atoms with Gasteiger partial charge < -0.3 is 19.7 Å². The molecule has 2 amide bonds. The summed E-state index contributed by atoms with van der Waals surface area (Å²) in [5.74, 6) is 1.37. The van der Waals surface area contributed by atoms with E-state index in [4.69, 9.17) is 32.7 Å². The van der Waals surface area contributed by atoms with Crippen LogP contribution in [0.3, 0.4) is 0 Å². The molecule has 6 nitrogen and oxygen atoms in total. The number of hydrogen-bond acceptors (Lipinski definition) is 4. The number of halogens is 2. The average molecular weight is 495 g/mol. The van der Waals surface area contributed by atoms with Gasteiger partial charge in [0.1, 0.15) is 17.5 Å². The van der Waals surface area contributed by atoms with Crippen molar-refractivity contribution in [2.45, 2.75) is 46.2 Å². The smallest absolute Gasteiger partial charge is 0.242 e. The molecule has 1 atom stereocenters. The molecule has 1 N–H and O–H groups in total. The Labute approximate surface area is 206 Å². The molecule has 0 heterocycles. The maximum atomic E-state index is 13.1. The van der Waals surface area contributed by atoms with Crippen molar-refractivity contribution in [3.63, 3.8) is 0 Å². The molecule has 0 aliphatic carbocycles. The summed E-state index contributed by atoms with van der Waals surface area (Å²) in [6.45, 7) is 6.79. The Balaban J connectivity index is 2.04. The van der Waals surface area contributed by atoms with E-state index in [0.717, 1.165) is 5.75 Å². The first kappa shape index (κ1) is 26.8. The van der Waals surface area contributed by atoms with E-state index in [1.807, 2.05) is 38.1 Å². The molecule has 0 aromatic heterocycles. The Hall–Kier alpha value is -2.44. The number of amides is 2. The second-order valence-corrected chi connectivity index (χ2v) is 8.98. The van der Waals surface area contributed by atoms with E-state index >= 15 is 0 Å². The Bertz CT molecular complexity index is 899. The molecule has 8 heteroatoms. The van der Waals surface area contributed by atoms with Gasteiger partial charge in [0, 0.05) is 35.1 Å². The fraction of sp³-hybridized carbons (Fsp3) is 0.440. The second-order valence-electron chi connectivity index (χ2n) is 8.16. The molecule has 0 saturated carbocycles. The van der Waals surface area contributed by atoms with Gasteiger partial charge in [-0.3, -0.25) is 9.59 Å². The quantitative estimate of drug-likeness (QED) is 0.403. The zero-order valence-electron chi connectivity index (χ0n) is 19.6. The third-order valence-electron chi connectivity index (χ3n) is 5.11. The number of carbonyl (C=O) groups excluding carboxylic acids is 2. The molecule has 0 aliphatic rings. The van der Waals surface area contributed by atoms with Gasteiger partial charge >= 0.3 is 0 Å². The Morgan fingerprint density at radius 1 is 1.00 bits per heavy atom. The van der Waals surface area contributed by atoms with Gasteiger partial charge in [0.2, 0.25) is 11.8 Å². The van der Waals surface area contributed by atoms with E-state index in [9.17, 15) is 9.59 Å². The highest BCUT2D eigenvalue weighted by molar-refractivity contribution is 6.36. The van der Waals surface area contributed by atoms with Crippen molar-refractivity contribution in [3.8, 4) is 11.5 Å². The van der Waals surface area contributed by atoms with Gasteiger partial charge in [0.05, 0.1) is 13.7 Å². The van der Waals surface area contributed by atoms with Gasteiger partial charge in [0.15, 0.2) is 0 Å². The maximum Gasteiger partial charge on any atom is 0.242 e. The molecule has 2 aromatic rings. The predicted octanol–water partition coefficient (Wildman–Crippen LogP) is 5.35. The first-order chi connectivity index (χ1) is 15.7. The van der Waals surface area contributed by atoms with E-state index < -0.39 is 6.04 Å². The fourth-order valence-corrected chi connectivity index (χ4v) is 3.63. The Morgan fingerprint density at radius 2 is 1.61 bits per heavy atom. The van der Waals surface area contributed by atoms with Crippen LogP contribution in [0.5, 0.6) is 11.5 Å². The minimum Gasteiger partial charge on any atom is -0.497 e. The molecule has 2 rings (SSSR count). The normalized spacial score (nSPS) is 11.7. The Kier molecular flexibility index (Phi) is 10.8. The lowest BCUT2D eigenvalue weighted by Crippen LogP contribution is -2.48. The second kappa shape index (κ2) is 13.3. The first-order valence-corrected chi connectivity index (χ1v) is 11.8. The summed E-state index contributed by atoms with van der Waals surface area (Å²) < 4.78 is 10.9. The molecule has 0 saturated heterocycles. The number of hydrogen-bond donors (Lipinski definition) is 1. The average Bonchev–Trinajstić information content (AvgIpc) is 2.80. The Morgan fingerprint density at radius 3 is 2.18 bits per heavy atom. The van der Waals surface area contributed by atoms with Crippen LogP contribution in [-0.2, 0) is 16.1 Å². The number of rotatable bonds is 12. The predicted molar refractivity (Wildman–Crippen MR) is 132 cm³/mol. The molecule has 0 bridgehead atoms. The standard InChI is InChI=1S/C25H32Cl2N2O4/c1-17(2)15-28-25(31)18(3)29(16-21-22(26)7-5-8-23(21)27)24(30)9-6-14-33-20-12-10-19(32-4)11-13-20/h5,7-8,10-13,17-18H,6,9,14-16H2,1-4H3,(H,28,31)/t18-/m0/s1. The lowest BCUT2D eigenvalue weighted by atomic mass is 10.1. The topological polar surface area (TPSA) is 67.9 Å². The van der Waals surface area contributed by atoms with E-state index in [-0.39, 0.29) is 24.8 Å². The van der Waals surface area contributed by atoms with Crippen molar-refractivity contribution < 1.29 is 19.1 Å². The van der Waals surface area contributed by atoms with Crippen LogP contribution >= 0.6 is 23.2 Å². The van der Waals surface area contributed by atoms with E-state index in [1.165, 1.54) is 4.90 Å². The minimum atomic E-state index is -0.675. The van der Waals surface area contributed by atoms with Gasteiger partial charge in [-0.2, -0.15) is 0 Å². The van der Waals surface area contributed by atoms with Crippen molar-refractivity contribution in [2.75, 3.05) is 20.3 Å². The van der Waals surface area contributed by atoms with Gasteiger partial charge in [-0.1, -0.05) is 43.1 Å². The van der Waals surface area contributed by atoms with E-state index in [0.29, 0.717) is 46.8 Å². The van der Waals surface area contributed by atoms with Crippen molar-refractivity contribution in [1.29, 1.82) is 0 Å². The summed E-state index contributed by atoms with van der Waals surface area (Å²) >= 11 is 12.7. The molecular weight excluding hydrogens is 463 g/mol. The third kappa shape index (κ3) is 8.45. The van der Waals surface area contributed by atoms with Crippen LogP contribution in [0, 0.1) is 5.92 Å². The van der Waals surface area contributed by atoms with Crippen LogP contribution in [0.1, 0.15) is 39.2 Å². The number of carbonyl (C=O) groups is 2. The van der Waals surface area contributed by atoms with Crippen molar-refractivity contribution >= 4 is 35.0 Å². The summed E-state index contributed by atoms with van der Waals surface area (Å²) in [5.41, 5.74) is 0.618. The molecule has 33 heavy (non-hydrogen) atoms. The number of methoxy groups -OCH3 is 1. The molecule has 2 aromatic carbocycles. The number of nitrogens with zero attached hydrogens (tertiary/aromatic N) is 1. The summed E-state index contributed by atoms with van der Waals surface area (Å²) in [6.07, 6.45) is 0.720. The van der Waals surface area contributed by atoms with Crippen LogP contribution in [0.25, 0.3) is 0 Å². The van der Waals surface area contributed by atoms with Gasteiger partial charge in [-0.15, -0.1) is 0 Å². The summed E-state index contributed by atoms with van der Waals surface area (Å²) in [5, 5.41) is 3.81. The summed E-state index contributed by atoms with van der Waals surface area (Å²) in [6, 6.07) is 11.8.